The second-order valence-corrected chi connectivity index (χ2v) is 4.92. The molecule has 0 bridgehead atoms. The fourth-order valence-corrected chi connectivity index (χ4v) is 2.38. The minimum absolute atomic E-state index is 0.288. The number of hydrogen-bond acceptors (Lipinski definition) is 5. The number of rotatable bonds is 5. The molecule has 0 saturated carbocycles. The normalized spacial score (nSPS) is 25.9. The van der Waals surface area contributed by atoms with Gasteiger partial charge in [0.1, 0.15) is 0 Å². The molecular formula is C12H25N3O2. The van der Waals surface area contributed by atoms with E-state index in [4.69, 9.17) is 15.2 Å². The van der Waals surface area contributed by atoms with Crippen molar-refractivity contribution in [1.29, 1.82) is 0 Å². The van der Waals surface area contributed by atoms with Gasteiger partial charge in [0.25, 0.3) is 0 Å². The highest BCUT2D eigenvalue weighted by Gasteiger charge is 2.16. The van der Waals surface area contributed by atoms with Crippen LogP contribution in [0, 0.1) is 0 Å². The van der Waals surface area contributed by atoms with Gasteiger partial charge in [0.05, 0.1) is 26.4 Å². The van der Waals surface area contributed by atoms with Gasteiger partial charge in [-0.1, -0.05) is 0 Å². The number of morpholine rings is 2. The van der Waals surface area contributed by atoms with Crippen molar-refractivity contribution in [3.63, 3.8) is 0 Å². The summed E-state index contributed by atoms with van der Waals surface area (Å²) < 4.78 is 10.7. The highest BCUT2D eigenvalue weighted by Crippen LogP contribution is 2.03. The molecule has 0 aromatic rings. The van der Waals surface area contributed by atoms with Gasteiger partial charge in [0, 0.05) is 38.8 Å². The standard InChI is InChI=1S/C12H25N3O2/c13-12(11-15-5-9-17-10-6-15)1-2-14-3-7-16-8-4-14/h12H,1-11,13H2/t12-/m1/s1. The number of nitrogens with two attached hydrogens (primary N) is 1. The molecule has 0 unspecified atom stereocenters. The van der Waals surface area contributed by atoms with Crippen LogP contribution >= 0.6 is 0 Å². The summed E-state index contributed by atoms with van der Waals surface area (Å²) >= 11 is 0. The molecule has 2 aliphatic rings. The molecule has 0 spiro atoms. The Morgan fingerprint density at radius 3 is 2.00 bits per heavy atom. The van der Waals surface area contributed by atoms with Crippen LogP contribution in [-0.2, 0) is 9.47 Å². The third-order valence-corrected chi connectivity index (χ3v) is 3.52. The summed E-state index contributed by atoms with van der Waals surface area (Å²) in [5.41, 5.74) is 6.18. The van der Waals surface area contributed by atoms with Gasteiger partial charge in [-0.15, -0.1) is 0 Å². The quantitative estimate of drug-likeness (QED) is 0.697. The van der Waals surface area contributed by atoms with E-state index in [1.54, 1.807) is 0 Å². The number of hydrogen-bond donors (Lipinski definition) is 1. The van der Waals surface area contributed by atoms with Crippen molar-refractivity contribution >= 4 is 0 Å². The lowest BCUT2D eigenvalue weighted by atomic mass is 10.2. The van der Waals surface area contributed by atoms with Crippen molar-refractivity contribution < 1.29 is 9.47 Å². The van der Waals surface area contributed by atoms with Crippen molar-refractivity contribution in [2.24, 2.45) is 5.73 Å². The van der Waals surface area contributed by atoms with E-state index in [1.807, 2.05) is 0 Å². The first-order valence-corrected chi connectivity index (χ1v) is 6.70. The first-order chi connectivity index (χ1) is 8.34. The molecule has 5 nitrogen and oxygen atoms in total. The van der Waals surface area contributed by atoms with Crippen LogP contribution in [0.5, 0.6) is 0 Å². The SMILES string of the molecule is N[C@H](CCN1CCOCC1)CN1CCOCC1. The van der Waals surface area contributed by atoms with Crippen LogP contribution in [0.2, 0.25) is 0 Å². The molecule has 2 rings (SSSR count). The predicted octanol–water partition coefficient (Wildman–Crippen LogP) is -0.632. The maximum Gasteiger partial charge on any atom is 0.0594 e. The number of nitrogens with zero attached hydrogens (tertiary/aromatic N) is 2. The van der Waals surface area contributed by atoms with Gasteiger partial charge in [-0.3, -0.25) is 9.80 Å². The monoisotopic (exact) mass is 243 g/mol. The Labute approximate surface area is 104 Å². The van der Waals surface area contributed by atoms with Crippen LogP contribution in [0.15, 0.2) is 0 Å². The van der Waals surface area contributed by atoms with Crippen molar-refractivity contribution in [2.75, 3.05) is 65.7 Å². The van der Waals surface area contributed by atoms with Crippen LogP contribution in [0.4, 0.5) is 0 Å². The largest absolute Gasteiger partial charge is 0.379 e. The van der Waals surface area contributed by atoms with Crippen molar-refractivity contribution in [1.82, 2.24) is 9.80 Å². The van der Waals surface area contributed by atoms with Crippen molar-refractivity contribution in [3.05, 3.63) is 0 Å². The summed E-state index contributed by atoms with van der Waals surface area (Å²) in [4.78, 5) is 4.86. The Kier molecular flexibility index (Phi) is 5.67. The lowest BCUT2D eigenvalue weighted by Gasteiger charge is -2.31. The molecule has 0 aliphatic carbocycles. The molecule has 2 fully saturated rings. The van der Waals surface area contributed by atoms with E-state index in [1.165, 1.54) is 0 Å². The predicted molar refractivity (Wildman–Crippen MR) is 67.1 cm³/mol. The first kappa shape index (κ1) is 13.2. The molecule has 0 aromatic heterocycles. The van der Waals surface area contributed by atoms with Crippen LogP contribution in [0.3, 0.4) is 0 Å². The smallest absolute Gasteiger partial charge is 0.0594 e. The molecule has 2 saturated heterocycles. The third-order valence-electron chi connectivity index (χ3n) is 3.52. The number of ether oxygens (including phenoxy) is 2. The molecule has 2 N–H and O–H groups in total. The van der Waals surface area contributed by atoms with Crippen LogP contribution in [0.1, 0.15) is 6.42 Å². The van der Waals surface area contributed by atoms with Crippen LogP contribution in [0.25, 0.3) is 0 Å². The molecule has 100 valence electrons. The molecule has 1 atom stereocenters. The summed E-state index contributed by atoms with van der Waals surface area (Å²) in [5.74, 6) is 0. The van der Waals surface area contributed by atoms with E-state index in [2.05, 4.69) is 9.80 Å². The van der Waals surface area contributed by atoms with E-state index in [0.29, 0.717) is 0 Å². The average molecular weight is 243 g/mol. The van der Waals surface area contributed by atoms with Gasteiger partial charge in [0.2, 0.25) is 0 Å². The molecule has 17 heavy (non-hydrogen) atoms. The topological polar surface area (TPSA) is 51.0 Å². The molecule has 2 aliphatic heterocycles. The molecule has 0 amide bonds. The van der Waals surface area contributed by atoms with Gasteiger partial charge >= 0.3 is 0 Å². The first-order valence-electron chi connectivity index (χ1n) is 6.70. The van der Waals surface area contributed by atoms with Crippen LogP contribution < -0.4 is 5.73 Å². The summed E-state index contributed by atoms with van der Waals surface area (Å²) in [5, 5.41) is 0. The fraction of sp³-hybridized carbons (Fsp3) is 1.00. The van der Waals surface area contributed by atoms with Gasteiger partial charge in [0.15, 0.2) is 0 Å². The maximum atomic E-state index is 6.18. The Morgan fingerprint density at radius 2 is 1.41 bits per heavy atom. The van der Waals surface area contributed by atoms with E-state index < -0.39 is 0 Å². The Balaban J connectivity index is 1.57. The minimum Gasteiger partial charge on any atom is -0.379 e. The summed E-state index contributed by atoms with van der Waals surface area (Å²) in [6.07, 6.45) is 1.08. The average Bonchev–Trinajstić information content (AvgIpc) is 2.39. The maximum absolute atomic E-state index is 6.18. The summed E-state index contributed by atoms with van der Waals surface area (Å²) in [7, 11) is 0. The van der Waals surface area contributed by atoms with Crippen molar-refractivity contribution in [2.45, 2.75) is 12.5 Å². The van der Waals surface area contributed by atoms with E-state index in [-0.39, 0.29) is 6.04 Å². The highest BCUT2D eigenvalue weighted by atomic mass is 16.5. The highest BCUT2D eigenvalue weighted by molar-refractivity contribution is 4.73. The van der Waals surface area contributed by atoms with Crippen LogP contribution in [-0.4, -0.2) is 81.5 Å². The summed E-state index contributed by atoms with van der Waals surface area (Å²) in [6.45, 7) is 9.76. The molecule has 0 aromatic carbocycles. The van der Waals surface area contributed by atoms with Gasteiger partial charge in [-0.2, -0.15) is 0 Å². The zero-order chi connectivity index (χ0) is 11.9. The minimum atomic E-state index is 0.288. The van der Waals surface area contributed by atoms with Gasteiger partial charge in [-0.05, 0) is 13.0 Å². The zero-order valence-electron chi connectivity index (χ0n) is 10.6. The third kappa shape index (κ3) is 4.89. The second-order valence-electron chi connectivity index (χ2n) is 4.92. The van der Waals surface area contributed by atoms with Gasteiger partial charge in [-0.25, -0.2) is 0 Å². The lowest BCUT2D eigenvalue weighted by molar-refractivity contribution is 0.0283. The van der Waals surface area contributed by atoms with E-state index >= 15 is 0 Å². The fourth-order valence-electron chi connectivity index (χ4n) is 2.38. The zero-order valence-corrected chi connectivity index (χ0v) is 10.6. The summed E-state index contributed by atoms with van der Waals surface area (Å²) in [6, 6.07) is 0.288. The van der Waals surface area contributed by atoms with E-state index in [0.717, 1.165) is 72.1 Å². The Hall–Kier alpha value is -0.200. The molecule has 2 heterocycles. The second kappa shape index (κ2) is 7.28. The van der Waals surface area contributed by atoms with Gasteiger partial charge < -0.3 is 15.2 Å². The lowest BCUT2D eigenvalue weighted by Crippen LogP contribution is -2.45. The molecule has 0 radical (unpaired) electrons. The molecular weight excluding hydrogens is 218 g/mol. The van der Waals surface area contributed by atoms with E-state index in [9.17, 15) is 0 Å². The molecule has 5 heteroatoms. The Morgan fingerprint density at radius 1 is 0.882 bits per heavy atom. The Bertz CT molecular complexity index is 204. The van der Waals surface area contributed by atoms with Crippen molar-refractivity contribution in [3.8, 4) is 0 Å².